The number of nitrogens with two attached hydrogens (primary N) is 1. The molecule has 1 atom stereocenters. The highest BCUT2D eigenvalue weighted by Gasteiger charge is 2.55. The summed E-state index contributed by atoms with van der Waals surface area (Å²) in [4.78, 5) is 20.9. The van der Waals surface area contributed by atoms with Gasteiger partial charge in [-0.15, -0.1) is 0 Å². The van der Waals surface area contributed by atoms with Gasteiger partial charge in [0, 0.05) is 30.7 Å². The van der Waals surface area contributed by atoms with Crippen LogP contribution in [0.25, 0.3) is 0 Å². The Morgan fingerprint density at radius 2 is 2.00 bits per heavy atom. The molecule has 8 nitrogen and oxygen atoms in total. The van der Waals surface area contributed by atoms with Crippen molar-refractivity contribution in [3.8, 4) is 0 Å². The summed E-state index contributed by atoms with van der Waals surface area (Å²) in [6.07, 6.45) is 3.49. The molecule has 0 radical (unpaired) electrons. The van der Waals surface area contributed by atoms with E-state index in [4.69, 9.17) is 10.5 Å². The number of amidine groups is 1. The van der Waals surface area contributed by atoms with Crippen molar-refractivity contribution in [3.63, 3.8) is 0 Å². The Bertz CT molecular complexity index is 1070. The first-order valence-electron chi connectivity index (χ1n) is 10.0. The highest BCUT2D eigenvalue weighted by Crippen LogP contribution is 2.42. The first kappa shape index (κ1) is 23.1. The number of anilines is 1. The number of allylic oxidation sites excluding steroid dienone is 1. The van der Waals surface area contributed by atoms with Crippen molar-refractivity contribution < 1.29 is 22.3 Å². The monoisotopic (exact) mass is 450 g/mol. The van der Waals surface area contributed by atoms with Crippen LogP contribution in [0.4, 0.5) is 10.1 Å². The van der Waals surface area contributed by atoms with E-state index in [1.165, 1.54) is 31.3 Å². The fourth-order valence-electron chi connectivity index (χ4n) is 4.09. The minimum Gasteiger partial charge on any atom is -0.386 e. The van der Waals surface area contributed by atoms with Crippen LogP contribution in [0.1, 0.15) is 39.2 Å². The quantitative estimate of drug-likeness (QED) is 0.538. The summed E-state index contributed by atoms with van der Waals surface area (Å²) in [5.74, 6) is -1.52. The molecule has 2 heterocycles. The molecule has 1 saturated heterocycles. The van der Waals surface area contributed by atoms with Gasteiger partial charge in [-0.25, -0.2) is 12.8 Å². The lowest BCUT2D eigenvalue weighted by Crippen LogP contribution is -2.60. The fourth-order valence-corrected chi connectivity index (χ4v) is 6.48. The Balaban J connectivity index is 2.01. The van der Waals surface area contributed by atoms with E-state index >= 15 is 0 Å². The van der Waals surface area contributed by atoms with Gasteiger partial charge in [0.1, 0.15) is 27.6 Å². The standard InChI is InChI=1S/C21H27FN4O4S/c1-4-17(24-5-2)18(27)25-14-6-7-16(22)15(12-14)20(3)13-31(28,29)21(19(23)26-20)8-10-30-11-9-21/h4-7,12H,8-11,13H2,1-3H3,(H2,23,26)(H,25,27). The molecule has 0 bridgehead atoms. The van der Waals surface area contributed by atoms with Gasteiger partial charge in [-0.1, -0.05) is 6.08 Å². The van der Waals surface area contributed by atoms with E-state index in [0.717, 1.165) is 0 Å². The zero-order valence-electron chi connectivity index (χ0n) is 17.8. The van der Waals surface area contributed by atoms with E-state index in [9.17, 15) is 17.6 Å². The second kappa shape index (κ2) is 8.51. The first-order valence-corrected chi connectivity index (χ1v) is 11.7. The third-order valence-electron chi connectivity index (χ3n) is 5.78. The van der Waals surface area contributed by atoms with Crippen molar-refractivity contribution in [2.75, 3.05) is 24.3 Å². The lowest BCUT2D eigenvalue weighted by molar-refractivity contribution is -0.112. The highest BCUT2D eigenvalue weighted by atomic mass is 32.2. The first-order chi connectivity index (χ1) is 14.6. The molecule has 1 aromatic carbocycles. The molecule has 1 amide bonds. The molecule has 10 heteroatoms. The molecular weight excluding hydrogens is 423 g/mol. The summed E-state index contributed by atoms with van der Waals surface area (Å²) >= 11 is 0. The predicted octanol–water partition coefficient (Wildman–Crippen LogP) is 2.31. The summed E-state index contributed by atoms with van der Waals surface area (Å²) in [5, 5.41) is 2.66. The molecule has 3 N–H and O–H groups in total. The summed E-state index contributed by atoms with van der Waals surface area (Å²) in [7, 11) is -3.75. The Hall–Kier alpha value is -2.59. The smallest absolute Gasteiger partial charge is 0.273 e. The molecule has 2 aliphatic heterocycles. The molecule has 3 rings (SSSR count). The average Bonchev–Trinajstić information content (AvgIpc) is 2.72. The van der Waals surface area contributed by atoms with Crippen molar-refractivity contribution in [1.29, 1.82) is 0 Å². The lowest BCUT2D eigenvalue weighted by atomic mass is 9.91. The van der Waals surface area contributed by atoms with Crippen molar-refractivity contribution in [3.05, 3.63) is 41.4 Å². The second-order valence-electron chi connectivity index (χ2n) is 7.85. The van der Waals surface area contributed by atoms with Crippen molar-refractivity contribution in [2.45, 2.75) is 43.9 Å². The van der Waals surface area contributed by atoms with Crippen LogP contribution in [0.15, 0.2) is 40.0 Å². The van der Waals surface area contributed by atoms with Crippen molar-refractivity contribution in [1.82, 2.24) is 0 Å². The minimum absolute atomic E-state index is 0.0214. The molecule has 0 aliphatic carbocycles. The zero-order valence-corrected chi connectivity index (χ0v) is 18.6. The summed E-state index contributed by atoms with van der Waals surface area (Å²) in [6.45, 7) is 5.44. The number of carbonyl (C=O) groups excluding carboxylic acids is 1. The van der Waals surface area contributed by atoms with Crippen molar-refractivity contribution >= 4 is 33.5 Å². The summed E-state index contributed by atoms with van der Waals surface area (Å²) in [5.41, 5.74) is 5.30. The Morgan fingerprint density at radius 3 is 2.58 bits per heavy atom. The van der Waals surface area contributed by atoms with Gasteiger partial charge >= 0.3 is 0 Å². The maximum atomic E-state index is 14.8. The summed E-state index contributed by atoms with van der Waals surface area (Å²) in [6, 6.07) is 3.96. The van der Waals surface area contributed by atoms with Crippen LogP contribution in [0.2, 0.25) is 0 Å². The molecule has 2 aliphatic rings. The van der Waals surface area contributed by atoms with Gasteiger partial charge in [0.2, 0.25) is 0 Å². The van der Waals surface area contributed by atoms with Gasteiger partial charge < -0.3 is 15.8 Å². The van der Waals surface area contributed by atoms with E-state index in [0.29, 0.717) is 5.69 Å². The average molecular weight is 451 g/mol. The van der Waals surface area contributed by atoms with E-state index in [-0.39, 0.29) is 43.2 Å². The predicted molar refractivity (Wildman–Crippen MR) is 118 cm³/mol. The van der Waals surface area contributed by atoms with E-state index in [1.54, 1.807) is 19.9 Å². The maximum Gasteiger partial charge on any atom is 0.273 e. The minimum atomic E-state index is -3.75. The van der Waals surface area contributed by atoms with E-state index in [1.807, 2.05) is 0 Å². The molecule has 168 valence electrons. The number of halogens is 1. The number of aliphatic imine (C=N–C) groups is 2. The molecule has 0 aromatic heterocycles. The SMILES string of the molecule is CC=NC(=CC)C(=O)Nc1ccc(F)c(C2(C)CS(=O)(=O)C3(CCOCC3)C(N)=N2)c1. The number of rotatable bonds is 4. The highest BCUT2D eigenvalue weighted by molar-refractivity contribution is 7.93. The molecular formula is C21H27FN4O4S. The third kappa shape index (κ3) is 4.14. The van der Waals surface area contributed by atoms with Crippen LogP contribution in [-0.2, 0) is 24.9 Å². The number of carbonyl (C=O) groups is 1. The van der Waals surface area contributed by atoms with Gasteiger partial charge in [-0.2, -0.15) is 0 Å². The van der Waals surface area contributed by atoms with E-state index < -0.39 is 37.6 Å². The fraction of sp³-hybridized carbons (Fsp3) is 0.476. The van der Waals surface area contributed by atoms with Gasteiger partial charge in [0.05, 0.1) is 5.75 Å². The Labute approximate surface area is 181 Å². The topological polar surface area (TPSA) is 123 Å². The number of benzene rings is 1. The van der Waals surface area contributed by atoms with Crippen LogP contribution < -0.4 is 11.1 Å². The number of ether oxygens (including phenoxy) is 1. The molecule has 1 fully saturated rings. The number of hydrogen-bond acceptors (Lipinski definition) is 7. The molecule has 1 unspecified atom stereocenters. The number of amides is 1. The molecule has 31 heavy (non-hydrogen) atoms. The molecule has 0 saturated carbocycles. The van der Waals surface area contributed by atoms with Gasteiger partial charge in [-0.3, -0.25) is 14.8 Å². The second-order valence-corrected chi connectivity index (χ2v) is 10.1. The number of nitrogens with one attached hydrogen (secondary N) is 1. The number of hydrogen-bond donors (Lipinski definition) is 2. The zero-order chi connectivity index (χ0) is 22.9. The third-order valence-corrected chi connectivity index (χ3v) is 8.53. The van der Waals surface area contributed by atoms with Crippen LogP contribution in [0, 0.1) is 5.82 Å². The van der Waals surface area contributed by atoms with Gasteiger partial charge in [0.25, 0.3) is 5.91 Å². The van der Waals surface area contributed by atoms with Crippen LogP contribution in [0.3, 0.4) is 0 Å². The van der Waals surface area contributed by atoms with Crippen LogP contribution in [0.5, 0.6) is 0 Å². The van der Waals surface area contributed by atoms with Gasteiger partial charge in [0.15, 0.2) is 9.84 Å². The van der Waals surface area contributed by atoms with Crippen molar-refractivity contribution in [2.24, 2.45) is 15.7 Å². The Kier molecular flexibility index (Phi) is 6.33. The van der Waals surface area contributed by atoms with Crippen LogP contribution in [-0.4, -0.2) is 50.1 Å². The maximum absolute atomic E-state index is 14.8. The van der Waals surface area contributed by atoms with Crippen LogP contribution >= 0.6 is 0 Å². The molecule has 1 aromatic rings. The summed E-state index contributed by atoms with van der Waals surface area (Å²) < 4.78 is 45.5. The Morgan fingerprint density at radius 1 is 1.32 bits per heavy atom. The lowest BCUT2D eigenvalue weighted by Gasteiger charge is -2.43. The van der Waals surface area contributed by atoms with Gasteiger partial charge in [-0.05, 0) is 51.8 Å². The van der Waals surface area contributed by atoms with E-state index in [2.05, 4.69) is 15.3 Å². The normalized spacial score (nSPS) is 25.4. The number of sulfone groups is 1. The molecule has 1 spiro atoms. The largest absolute Gasteiger partial charge is 0.386 e. The number of nitrogens with zero attached hydrogens (tertiary/aromatic N) is 2.